The van der Waals surface area contributed by atoms with Crippen molar-refractivity contribution in [1.29, 1.82) is 0 Å². The maximum atomic E-state index is 12.0. The van der Waals surface area contributed by atoms with E-state index in [1.54, 1.807) is 6.07 Å². The summed E-state index contributed by atoms with van der Waals surface area (Å²) in [5.74, 6) is 1.72. The molecule has 0 bridgehead atoms. The van der Waals surface area contributed by atoms with Gasteiger partial charge in [0, 0.05) is 30.6 Å². The third-order valence-corrected chi connectivity index (χ3v) is 4.61. The number of nitrogens with one attached hydrogen (secondary N) is 3. The smallest absolute Gasteiger partial charge is 0.248 e. The number of carbonyl (C=O) groups is 1. The monoisotopic (exact) mass is 330 g/mol. The van der Waals surface area contributed by atoms with Gasteiger partial charge in [0.05, 0.1) is 0 Å². The first-order chi connectivity index (χ1) is 11.7. The van der Waals surface area contributed by atoms with Crippen molar-refractivity contribution in [2.75, 3.05) is 6.54 Å². The minimum atomic E-state index is -0.133. The highest BCUT2D eigenvalue weighted by Crippen LogP contribution is 2.33. The molecule has 1 saturated carbocycles. The Hall–Kier alpha value is -2.51. The Kier molecular flexibility index (Phi) is 5.35. The van der Waals surface area contributed by atoms with Crippen LogP contribution in [0.5, 0.6) is 0 Å². The summed E-state index contributed by atoms with van der Waals surface area (Å²) in [6.45, 7) is 0.711. The Morgan fingerprint density at radius 2 is 2.08 bits per heavy atom. The molecule has 1 amide bonds. The molecule has 24 heavy (non-hydrogen) atoms. The van der Waals surface area contributed by atoms with E-state index in [0.717, 1.165) is 37.2 Å². The number of H-pyrrole nitrogens is 2. The van der Waals surface area contributed by atoms with Crippen LogP contribution in [0.1, 0.15) is 49.5 Å². The second-order valence-electron chi connectivity index (χ2n) is 6.33. The van der Waals surface area contributed by atoms with Crippen LogP contribution in [0.15, 0.2) is 23.0 Å². The van der Waals surface area contributed by atoms with Gasteiger partial charge in [-0.25, -0.2) is 0 Å². The molecule has 8 heteroatoms. The number of rotatable bonds is 6. The van der Waals surface area contributed by atoms with Gasteiger partial charge in [0.1, 0.15) is 0 Å². The molecule has 1 fully saturated rings. The molecule has 1 aliphatic carbocycles. The number of aromatic amines is 2. The van der Waals surface area contributed by atoms with Crippen LogP contribution < -0.4 is 10.9 Å². The molecule has 0 aromatic carbocycles. The van der Waals surface area contributed by atoms with Crippen molar-refractivity contribution < 1.29 is 4.79 Å². The van der Waals surface area contributed by atoms with Crippen LogP contribution >= 0.6 is 0 Å². The van der Waals surface area contributed by atoms with E-state index >= 15 is 0 Å². The Morgan fingerprint density at radius 1 is 1.25 bits per heavy atom. The molecule has 0 unspecified atom stereocenters. The van der Waals surface area contributed by atoms with Gasteiger partial charge in [0.25, 0.3) is 0 Å². The van der Waals surface area contributed by atoms with Crippen molar-refractivity contribution in [1.82, 2.24) is 30.9 Å². The topological polar surface area (TPSA) is 116 Å². The lowest BCUT2D eigenvalue weighted by molar-refractivity contribution is -0.121. The average molecular weight is 330 g/mol. The molecule has 1 aliphatic rings. The molecular formula is C16H22N6O2. The summed E-state index contributed by atoms with van der Waals surface area (Å²) in [5, 5.41) is 17.2. The SMILES string of the molecule is O=C(CCc1cccc(=O)[nH]1)NCC1CCC(c2nn[nH]n2)CC1. The van der Waals surface area contributed by atoms with Crippen LogP contribution in [0.3, 0.4) is 0 Å². The van der Waals surface area contributed by atoms with Crippen molar-refractivity contribution in [3.63, 3.8) is 0 Å². The molecule has 128 valence electrons. The minimum Gasteiger partial charge on any atom is -0.356 e. The molecule has 2 aromatic rings. The summed E-state index contributed by atoms with van der Waals surface area (Å²) in [6.07, 6.45) is 5.12. The number of hydrogen-bond donors (Lipinski definition) is 3. The quantitative estimate of drug-likeness (QED) is 0.728. The standard InChI is InChI=1S/C16H22N6O2/c23-14(9-8-13-2-1-3-15(24)18-13)17-10-11-4-6-12(7-5-11)16-19-21-22-20-16/h1-3,11-12H,4-10H2,(H,17,23)(H,18,24)(H,19,20,21,22). The van der Waals surface area contributed by atoms with Gasteiger partial charge in [-0.05, 0) is 44.1 Å². The highest BCUT2D eigenvalue weighted by atomic mass is 16.1. The van der Waals surface area contributed by atoms with Crippen molar-refractivity contribution >= 4 is 5.91 Å². The lowest BCUT2D eigenvalue weighted by Crippen LogP contribution is -2.31. The van der Waals surface area contributed by atoms with E-state index in [1.165, 1.54) is 6.07 Å². The molecule has 0 aliphatic heterocycles. The van der Waals surface area contributed by atoms with Gasteiger partial charge >= 0.3 is 0 Å². The Bertz CT molecular complexity index is 703. The molecule has 0 spiro atoms. The Labute approximate surface area is 139 Å². The number of tetrazole rings is 1. The summed E-state index contributed by atoms with van der Waals surface area (Å²) in [6, 6.07) is 5.00. The summed E-state index contributed by atoms with van der Waals surface area (Å²) in [7, 11) is 0. The van der Waals surface area contributed by atoms with Crippen LogP contribution in [-0.2, 0) is 11.2 Å². The highest BCUT2D eigenvalue weighted by Gasteiger charge is 2.25. The average Bonchev–Trinajstić information content (AvgIpc) is 3.13. The molecule has 3 N–H and O–H groups in total. The number of aryl methyl sites for hydroxylation is 1. The lowest BCUT2D eigenvalue weighted by Gasteiger charge is -2.26. The summed E-state index contributed by atoms with van der Waals surface area (Å²) in [4.78, 5) is 25.9. The van der Waals surface area contributed by atoms with E-state index in [-0.39, 0.29) is 11.5 Å². The molecule has 0 radical (unpaired) electrons. The fourth-order valence-electron chi connectivity index (χ4n) is 3.20. The number of carbonyl (C=O) groups excluding carboxylic acids is 1. The van der Waals surface area contributed by atoms with E-state index in [1.807, 2.05) is 6.07 Å². The first-order valence-corrected chi connectivity index (χ1v) is 8.39. The predicted molar refractivity (Wildman–Crippen MR) is 87.3 cm³/mol. The molecular weight excluding hydrogens is 308 g/mol. The Balaban J connectivity index is 1.36. The first-order valence-electron chi connectivity index (χ1n) is 8.39. The number of pyridine rings is 1. The van der Waals surface area contributed by atoms with Gasteiger partial charge in [-0.15, -0.1) is 10.2 Å². The maximum Gasteiger partial charge on any atom is 0.248 e. The van der Waals surface area contributed by atoms with Crippen molar-refractivity contribution in [2.24, 2.45) is 5.92 Å². The predicted octanol–water partition coefficient (Wildman–Crippen LogP) is 0.911. The van der Waals surface area contributed by atoms with Gasteiger partial charge in [-0.3, -0.25) is 9.59 Å². The summed E-state index contributed by atoms with van der Waals surface area (Å²) >= 11 is 0. The Morgan fingerprint density at radius 3 is 2.79 bits per heavy atom. The van der Waals surface area contributed by atoms with E-state index < -0.39 is 0 Å². The fourth-order valence-corrected chi connectivity index (χ4v) is 3.20. The third-order valence-electron chi connectivity index (χ3n) is 4.61. The normalized spacial score (nSPS) is 20.7. The number of nitrogens with zero attached hydrogens (tertiary/aromatic N) is 3. The van der Waals surface area contributed by atoms with E-state index in [4.69, 9.17) is 0 Å². The fraction of sp³-hybridized carbons (Fsp3) is 0.562. The van der Waals surface area contributed by atoms with Gasteiger partial charge in [0.15, 0.2) is 5.82 Å². The highest BCUT2D eigenvalue weighted by molar-refractivity contribution is 5.76. The van der Waals surface area contributed by atoms with E-state index in [0.29, 0.717) is 31.2 Å². The summed E-state index contributed by atoms with van der Waals surface area (Å²) in [5.41, 5.74) is 0.657. The number of aromatic nitrogens is 5. The van der Waals surface area contributed by atoms with Crippen molar-refractivity contribution in [3.8, 4) is 0 Å². The van der Waals surface area contributed by atoms with Gasteiger partial charge in [-0.1, -0.05) is 11.3 Å². The zero-order valence-electron chi connectivity index (χ0n) is 13.5. The molecule has 0 atom stereocenters. The van der Waals surface area contributed by atoms with Crippen molar-refractivity contribution in [3.05, 3.63) is 40.1 Å². The molecule has 2 heterocycles. The second-order valence-corrected chi connectivity index (χ2v) is 6.33. The van der Waals surface area contributed by atoms with Gasteiger partial charge in [-0.2, -0.15) is 5.21 Å². The zero-order valence-corrected chi connectivity index (χ0v) is 13.5. The van der Waals surface area contributed by atoms with E-state index in [9.17, 15) is 9.59 Å². The van der Waals surface area contributed by atoms with Crippen LogP contribution in [0.25, 0.3) is 0 Å². The molecule has 0 saturated heterocycles. The largest absolute Gasteiger partial charge is 0.356 e. The lowest BCUT2D eigenvalue weighted by atomic mass is 9.81. The first kappa shape index (κ1) is 16.4. The van der Waals surface area contributed by atoms with Crippen molar-refractivity contribution in [2.45, 2.75) is 44.4 Å². The summed E-state index contributed by atoms with van der Waals surface area (Å²) < 4.78 is 0. The van der Waals surface area contributed by atoms with E-state index in [2.05, 4.69) is 30.9 Å². The van der Waals surface area contributed by atoms with Crippen LogP contribution in [0.4, 0.5) is 0 Å². The number of amides is 1. The molecule has 3 rings (SSSR count). The zero-order chi connectivity index (χ0) is 16.8. The minimum absolute atomic E-state index is 0.0278. The molecule has 8 nitrogen and oxygen atoms in total. The van der Waals surface area contributed by atoms with Gasteiger partial charge < -0.3 is 10.3 Å². The van der Waals surface area contributed by atoms with Crippen LogP contribution in [0.2, 0.25) is 0 Å². The third kappa shape index (κ3) is 4.50. The van der Waals surface area contributed by atoms with Crippen LogP contribution in [0, 0.1) is 5.92 Å². The van der Waals surface area contributed by atoms with Gasteiger partial charge in [0.2, 0.25) is 11.5 Å². The second kappa shape index (κ2) is 7.85. The van der Waals surface area contributed by atoms with Crippen LogP contribution in [-0.4, -0.2) is 38.1 Å². The number of hydrogen-bond acceptors (Lipinski definition) is 5. The maximum absolute atomic E-state index is 12.0. The molecule has 2 aromatic heterocycles.